The van der Waals surface area contributed by atoms with Crippen molar-refractivity contribution in [1.29, 1.82) is 0 Å². The van der Waals surface area contributed by atoms with Gasteiger partial charge in [-0.1, -0.05) is 0 Å². The van der Waals surface area contributed by atoms with Gasteiger partial charge in [0.1, 0.15) is 4.21 Å². The molecule has 6 nitrogen and oxygen atoms in total. The molecule has 0 saturated carbocycles. The summed E-state index contributed by atoms with van der Waals surface area (Å²) in [6.07, 6.45) is -0.260. The number of likely N-dealkylation sites (N-methyl/N-ethyl adjacent to an activating group) is 1. The van der Waals surface area contributed by atoms with E-state index in [4.69, 9.17) is 0 Å². The average molecular weight is 320 g/mol. The minimum absolute atomic E-state index is 0.142. The van der Waals surface area contributed by atoms with Gasteiger partial charge in [-0.3, -0.25) is 0 Å². The first-order valence-electron chi connectivity index (χ1n) is 6.50. The monoisotopic (exact) mass is 320 g/mol. The Bertz CT molecular complexity index is 535. The molecule has 0 fully saturated rings. The number of carboxylic acids is 1. The van der Waals surface area contributed by atoms with Gasteiger partial charge in [0, 0.05) is 17.3 Å². The maximum atomic E-state index is 12.0. The minimum atomic E-state index is -3.55. The molecule has 0 atom stereocenters. The van der Waals surface area contributed by atoms with Crippen LogP contribution in [0, 0.1) is 0 Å². The normalized spacial score (nSPS) is 11.9. The van der Waals surface area contributed by atoms with Gasteiger partial charge in [0.2, 0.25) is 10.0 Å². The van der Waals surface area contributed by atoms with Crippen molar-refractivity contribution in [3.05, 3.63) is 17.0 Å². The van der Waals surface area contributed by atoms with E-state index in [0.717, 1.165) is 31.0 Å². The Morgan fingerprint density at radius 1 is 1.35 bits per heavy atom. The van der Waals surface area contributed by atoms with E-state index in [2.05, 4.69) is 18.6 Å². The van der Waals surface area contributed by atoms with Gasteiger partial charge in [-0.15, -0.1) is 11.3 Å². The Labute approximate surface area is 123 Å². The van der Waals surface area contributed by atoms with Crippen LogP contribution in [-0.2, 0) is 21.2 Å². The molecular formula is C12H20N2O4S2. The Morgan fingerprint density at radius 2 is 2.00 bits per heavy atom. The summed E-state index contributed by atoms with van der Waals surface area (Å²) in [6.45, 7) is 7.11. The van der Waals surface area contributed by atoms with Crippen LogP contribution in [-0.4, -0.2) is 40.6 Å². The molecule has 1 aromatic rings. The third kappa shape index (κ3) is 5.20. The summed E-state index contributed by atoms with van der Waals surface area (Å²) in [7, 11) is -3.55. The molecule has 20 heavy (non-hydrogen) atoms. The fraction of sp³-hybridized carbons (Fsp3) is 0.583. The van der Waals surface area contributed by atoms with Crippen molar-refractivity contribution >= 4 is 27.3 Å². The van der Waals surface area contributed by atoms with E-state index in [-0.39, 0.29) is 10.6 Å². The molecule has 0 unspecified atom stereocenters. The predicted octanol–water partition coefficient (Wildman–Crippen LogP) is -1.76. The first-order valence-corrected chi connectivity index (χ1v) is 8.80. The van der Waals surface area contributed by atoms with Crippen LogP contribution in [0.3, 0.4) is 0 Å². The molecule has 1 heterocycles. The van der Waals surface area contributed by atoms with Crippen LogP contribution in [0.1, 0.15) is 18.7 Å². The highest BCUT2D eigenvalue weighted by atomic mass is 32.2. The van der Waals surface area contributed by atoms with Crippen LogP contribution in [0.25, 0.3) is 0 Å². The lowest BCUT2D eigenvalue weighted by molar-refractivity contribution is -0.895. The van der Waals surface area contributed by atoms with Crippen LogP contribution < -0.4 is 14.7 Å². The number of quaternary nitrogens is 1. The van der Waals surface area contributed by atoms with E-state index in [0.29, 0.717) is 11.4 Å². The third-order valence-electron chi connectivity index (χ3n) is 2.99. The molecule has 0 aliphatic carbocycles. The standard InChI is InChI=1S/C12H20N2O4S2/c1-3-14(4-2)8-7-13-20(17,18)12-6-5-10(19-12)9-11(15)16/h5-6,13H,3-4,7-9H2,1-2H3,(H,15,16). The van der Waals surface area contributed by atoms with Gasteiger partial charge >= 0.3 is 0 Å². The molecule has 0 spiro atoms. The number of nitrogens with one attached hydrogen (secondary N) is 2. The molecule has 1 rings (SSSR count). The van der Waals surface area contributed by atoms with Crippen LogP contribution in [0.15, 0.2) is 16.3 Å². The van der Waals surface area contributed by atoms with E-state index >= 15 is 0 Å². The van der Waals surface area contributed by atoms with Gasteiger partial charge < -0.3 is 14.8 Å². The highest BCUT2D eigenvalue weighted by Gasteiger charge is 2.17. The number of aliphatic carboxylic acids is 1. The lowest BCUT2D eigenvalue weighted by Gasteiger charge is -2.15. The van der Waals surface area contributed by atoms with Crippen molar-refractivity contribution < 1.29 is 23.2 Å². The molecule has 0 amide bonds. The summed E-state index contributed by atoms with van der Waals surface area (Å²) in [5, 5.41) is 10.5. The molecule has 8 heteroatoms. The quantitative estimate of drug-likeness (QED) is 0.564. The van der Waals surface area contributed by atoms with Gasteiger partial charge in [0.15, 0.2) is 0 Å². The van der Waals surface area contributed by atoms with Gasteiger partial charge in [0.25, 0.3) is 0 Å². The van der Waals surface area contributed by atoms with E-state index in [1.807, 2.05) is 0 Å². The molecule has 0 bridgehead atoms. The Morgan fingerprint density at radius 3 is 2.55 bits per heavy atom. The van der Waals surface area contributed by atoms with Crippen molar-refractivity contribution in [2.45, 2.75) is 24.5 Å². The number of hydrogen-bond donors (Lipinski definition) is 2. The SMILES string of the molecule is CC[NH+](CC)CCNS(=O)(=O)c1ccc(CC(=O)[O-])s1. The Kier molecular flexibility index (Phi) is 6.60. The van der Waals surface area contributed by atoms with E-state index in [1.165, 1.54) is 17.0 Å². The van der Waals surface area contributed by atoms with Crippen molar-refractivity contribution in [2.75, 3.05) is 26.2 Å². The number of hydrogen-bond acceptors (Lipinski definition) is 5. The molecule has 0 radical (unpaired) electrons. The topological polar surface area (TPSA) is 90.7 Å². The largest absolute Gasteiger partial charge is 0.550 e. The minimum Gasteiger partial charge on any atom is -0.550 e. The second-order valence-corrected chi connectivity index (χ2v) is 7.54. The molecule has 0 aliphatic heterocycles. The maximum absolute atomic E-state index is 12.0. The summed E-state index contributed by atoms with van der Waals surface area (Å²) in [6, 6.07) is 2.93. The van der Waals surface area contributed by atoms with Crippen molar-refractivity contribution in [2.24, 2.45) is 0 Å². The molecule has 0 saturated heterocycles. The molecular weight excluding hydrogens is 300 g/mol. The summed E-state index contributed by atoms with van der Waals surface area (Å²) < 4.78 is 26.7. The van der Waals surface area contributed by atoms with Gasteiger partial charge in [-0.25, -0.2) is 13.1 Å². The summed E-state index contributed by atoms with van der Waals surface area (Å²) in [4.78, 5) is 12.3. The highest BCUT2D eigenvalue weighted by Crippen LogP contribution is 2.21. The van der Waals surface area contributed by atoms with E-state index in [1.54, 1.807) is 0 Å². The van der Waals surface area contributed by atoms with E-state index < -0.39 is 16.0 Å². The van der Waals surface area contributed by atoms with Gasteiger partial charge in [-0.05, 0) is 26.0 Å². The second kappa shape index (κ2) is 7.72. The van der Waals surface area contributed by atoms with Crippen LogP contribution in [0.5, 0.6) is 0 Å². The number of carboxylic acid groups (broad SMARTS) is 1. The smallest absolute Gasteiger partial charge is 0.250 e. The van der Waals surface area contributed by atoms with Crippen LogP contribution >= 0.6 is 11.3 Å². The lowest BCUT2D eigenvalue weighted by atomic mass is 10.3. The fourth-order valence-corrected chi connectivity index (χ4v) is 4.19. The Hall–Kier alpha value is -0.960. The number of thiophene rings is 1. The van der Waals surface area contributed by atoms with Gasteiger partial charge in [-0.2, -0.15) is 0 Å². The number of carbonyl (C=O) groups excluding carboxylic acids is 1. The maximum Gasteiger partial charge on any atom is 0.250 e. The number of sulfonamides is 1. The predicted molar refractivity (Wildman–Crippen MR) is 75.1 cm³/mol. The fourth-order valence-electron chi connectivity index (χ4n) is 1.78. The van der Waals surface area contributed by atoms with Crippen molar-refractivity contribution in [1.82, 2.24) is 4.72 Å². The van der Waals surface area contributed by atoms with Crippen molar-refractivity contribution in [3.8, 4) is 0 Å². The van der Waals surface area contributed by atoms with Crippen LogP contribution in [0.2, 0.25) is 0 Å². The number of carbonyl (C=O) groups is 1. The summed E-state index contributed by atoms with van der Waals surface area (Å²) in [5.74, 6) is -1.21. The molecule has 0 aliphatic rings. The lowest BCUT2D eigenvalue weighted by Crippen LogP contribution is -3.12. The molecule has 1 aromatic heterocycles. The van der Waals surface area contributed by atoms with Crippen LogP contribution in [0.4, 0.5) is 0 Å². The zero-order valence-electron chi connectivity index (χ0n) is 11.6. The van der Waals surface area contributed by atoms with Gasteiger partial charge in [0.05, 0.1) is 26.2 Å². The van der Waals surface area contributed by atoms with Crippen molar-refractivity contribution in [3.63, 3.8) is 0 Å². The zero-order chi connectivity index (χ0) is 15.2. The van der Waals surface area contributed by atoms with E-state index in [9.17, 15) is 18.3 Å². The molecule has 0 aromatic carbocycles. The molecule has 114 valence electrons. The summed E-state index contributed by atoms with van der Waals surface area (Å²) in [5.41, 5.74) is 0. The molecule has 2 N–H and O–H groups in total. The first kappa shape index (κ1) is 17.1. The third-order valence-corrected chi connectivity index (χ3v) is 6.03. The zero-order valence-corrected chi connectivity index (χ0v) is 13.3. The number of rotatable bonds is 9. The average Bonchev–Trinajstić information content (AvgIpc) is 2.83. The summed E-state index contributed by atoms with van der Waals surface area (Å²) >= 11 is 0.960. The Balaban J connectivity index is 2.60. The second-order valence-electron chi connectivity index (χ2n) is 4.37. The highest BCUT2D eigenvalue weighted by molar-refractivity contribution is 7.91. The first-order chi connectivity index (χ1) is 9.39.